The van der Waals surface area contributed by atoms with Gasteiger partial charge in [-0.2, -0.15) is 0 Å². The maximum atomic E-state index is 12.1. The maximum Gasteiger partial charge on any atom is 0.220 e. The van der Waals surface area contributed by atoms with Gasteiger partial charge in [0, 0.05) is 23.0 Å². The Morgan fingerprint density at radius 2 is 2.27 bits per heavy atom. The lowest BCUT2D eigenvalue weighted by atomic mass is 9.91. The summed E-state index contributed by atoms with van der Waals surface area (Å²) in [6.45, 7) is 4.14. The van der Waals surface area contributed by atoms with Crippen molar-refractivity contribution in [2.75, 3.05) is 7.11 Å². The van der Waals surface area contributed by atoms with Gasteiger partial charge in [0.1, 0.15) is 5.75 Å². The Morgan fingerprint density at radius 1 is 1.45 bits per heavy atom. The van der Waals surface area contributed by atoms with E-state index in [-0.39, 0.29) is 11.9 Å². The number of rotatable bonds is 4. The minimum absolute atomic E-state index is 0.105. The van der Waals surface area contributed by atoms with Crippen molar-refractivity contribution in [2.45, 2.75) is 45.6 Å². The van der Waals surface area contributed by atoms with E-state index in [0.717, 1.165) is 30.5 Å². The van der Waals surface area contributed by atoms with Crippen molar-refractivity contribution in [3.8, 4) is 5.75 Å². The molecule has 118 valence electrons. The fraction of sp³-hybridized carbons (Fsp3) is 0.500. The zero-order chi connectivity index (χ0) is 15.7. The summed E-state index contributed by atoms with van der Waals surface area (Å²) in [5.41, 5.74) is 3.62. The minimum Gasteiger partial charge on any atom is -0.497 e. The largest absolute Gasteiger partial charge is 0.497 e. The van der Waals surface area contributed by atoms with Crippen LogP contribution in [0.4, 0.5) is 0 Å². The number of amides is 1. The molecule has 0 spiro atoms. The normalized spacial score (nSPS) is 17.5. The van der Waals surface area contributed by atoms with Crippen molar-refractivity contribution >= 4 is 16.8 Å². The molecule has 1 unspecified atom stereocenters. The molecule has 1 aromatic heterocycles. The van der Waals surface area contributed by atoms with Crippen LogP contribution in [0, 0.1) is 5.92 Å². The summed E-state index contributed by atoms with van der Waals surface area (Å²) in [6, 6.07) is 6.22. The van der Waals surface area contributed by atoms with Gasteiger partial charge in [0.2, 0.25) is 5.91 Å². The monoisotopic (exact) mass is 300 g/mol. The lowest BCUT2D eigenvalue weighted by molar-refractivity contribution is -0.122. The van der Waals surface area contributed by atoms with Crippen molar-refractivity contribution in [3.63, 3.8) is 0 Å². The fourth-order valence-corrected chi connectivity index (χ4v) is 3.34. The first-order valence-electron chi connectivity index (χ1n) is 8.06. The molecule has 2 aromatic rings. The number of aromatic amines is 1. The van der Waals surface area contributed by atoms with Gasteiger partial charge in [0.15, 0.2) is 0 Å². The van der Waals surface area contributed by atoms with E-state index in [4.69, 9.17) is 4.74 Å². The number of fused-ring (bicyclic) bond motifs is 3. The van der Waals surface area contributed by atoms with Crippen LogP contribution in [0.15, 0.2) is 18.2 Å². The summed E-state index contributed by atoms with van der Waals surface area (Å²) in [4.78, 5) is 15.6. The van der Waals surface area contributed by atoms with Gasteiger partial charge < -0.3 is 15.0 Å². The second-order valence-corrected chi connectivity index (χ2v) is 6.54. The predicted molar refractivity (Wildman–Crippen MR) is 88.1 cm³/mol. The van der Waals surface area contributed by atoms with E-state index in [1.807, 2.05) is 6.07 Å². The highest BCUT2D eigenvalue weighted by atomic mass is 16.5. The van der Waals surface area contributed by atoms with Crippen LogP contribution in [0.2, 0.25) is 0 Å². The van der Waals surface area contributed by atoms with Crippen LogP contribution >= 0.6 is 0 Å². The van der Waals surface area contributed by atoms with E-state index in [0.29, 0.717) is 12.3 Å². The van der Waals surface area contributed by atoms with E-state index < -0.39 is 0 Å². The summed E-state index contributed by atoms with van der Waals surface area (Å²) in [6.07, 6.45) is 3.74. The molecule has 0 saturated carbocycles. The van der Waals surface area contributed by atoms with Crippen LogP contribution in [-0.2, 0) is 11.2 Å². The minimum atomic E-state index is 0.105. The molecule has 22 heavy (non-hydrogen) atoms. The Kier molecular flexibility index (Phi) is 4.10. The van der Waals surface area contributed by atoms with Crippen molar-refractivity contribution < 1.29 is 9.53 Å². The second kappa shape index (κ2) is 6.03. The highest BCUT2D eigenvalue weighted by Crippen LogP contribution is 2.36. The molecule has 0 aliphatic heterocycles. The summed E-state index contributed by atoms with van der Waals surface area (Å²) in [5.74, 6) is 1.40. The molecular weight excluding hydrogens is 276 g/mol. The number of carbonyl (C=O) groups is 1. The van der Waals surface area contributed by atoms with Crippen LogP contribution in [0.3, 0.4) is 0 Å². The number of aryl methyl sites for hydroxylation is 1. The molecule has 3 rings (SSSR count). The van der Waals surface area contributed by atoms with Crippen molar-refractivity contribution in [1.29, 1.82) is 0 Å². The van der Waals surface area contributed by atoms with Gasteiger partial charge in [0.05, 0.1) is 13.2 Å². The number of ether oxygens (including phenoxy) is 1. The number of benzene rings is 1. The van der Waals surface area contributed by atoms with Crippen LogP contribution in [0.5, 0.6) is 5.75 Å². The van der Waals surface area contributed by atoms with E-state index in [1.54, 1.807) is 7.11 Å². The average molecular weight is 300 g/mol. The molecule has 0 radical (unpaired) electrons. The van der Waals surface area contributed by atoms with Crippen LogP contribution in [0.25, 0.3) is 10.9 Å². The standard InChI is InChI=1S/C18H24N2O2/c1-11(2)9-17(21)19-16-6-4-5-13-14-10-12(22-3)7-8-15(14)20-18(13)16/h7-8,10-11,16,20H,4-6,9H2,1-3H3,(H,19,21). The Hall–Kier alpha value is -1.97. The SMILES string of the molecule is COc1ccc2[nH]c3c(c2c1)CCCC3NC(=O)CC(C)C. The molecule has 1 aliphatic carbocycles. The molecule has 2 N–H and O–H groups in total. The third-order valence-electron chi connectivity index (χ3n) is 4.34. The van der Waals surface area contributed by atoms with Gasteiger partial charge in [-0.25, -0.2) is 0 Å². The molecular formula is C18H24N2O2. The zero-order valence-electron chi connectivity index (χ0n) is 13.5. The molecule has 1 amide bonds. The Bertz CT molecular complexity index is 688. The van der Waals surface area contributed by atoms with Gasteiger partial charge in [-0.15, -0.1) is 0 Å². The van der Waals surface area contributed by atoms with Crippen molar-refractivity contribution in [2.24, 2.45) is 5.92 Å². The van der Waals surface area contributed by atoms with Gasteiger partial charge in [-0.3, -0.25) is 4.79 Å². The molecule has 0 saturated heterocycles. The van der Waals surface area contributed by atoms with Crippen molar-refractivity contribution in [3.05, 3.63) is 29.5 Å². The highest BCUT2D eigenvalue weighted by Gasteiger charge is 2.25. The van der Waals surface area contributed by atoms with Gasteiger partial charge in [0.25, 0.3) is 0 Å². The van der Waals surface area contributed by atoms with E-state index in [2.05, 4.69) is 36.3 Å². The van der Waals surface area contributed by atoms with Gasteiger partial charge in [-0.1, -0.05) is 13.8 Å². The Labute approximate surface area is 131 Å². The smallest absolute Gasteiger partial charge is 0.220 e. The van der Waals surface area contributed by atoms with Gasteiger partial charge in [-0.05, 0) is 48.9 Å². The third kappa shape index (κ3) is 2.82. The molecule has 0 bridgehead atoms. The van der Waals surface area contributed by atoms with E-state index in [1.165, 1.54) is 16.6 Å². The number of hydrogen-bond acceptors (Lipinski definition) is 2. The maximum absolute atomic E-state index is 12.1. The third-order valence-corrected chi connectivity index (χ3v) is 4.34. The number of H-pyrrole nitrogens is 1. The summed E-state index contributed by atoms with van der Waals surface area (Å²) < 4.78 is 5.33. The van der Waals surface area contributed by atoms with Crippen LogP contribution in [-0.4, -0.2) is 18.0 Å². The average Bonchev–Trinajstić information content (AvgIpc) is 2.85. The predicted octanol–water partition coefficient (Wildman–Crippen LogP) is 3.72. The molecule has 1 aliphatic rings. The molecule has 1 aromatic carbocycles. The molecule has 0 fully saturated rings. The fourth-order valence-electron chi connectivity index (χ4n) is 3.34. The number of methoxy groups -OCH3 is 1. The Balaban J connectivity index is 1.91. The Morgan fingerprint density at radius 3 is 3.00 bits per heavy atom. The van der Waals surface area contributed by atoms with Crippen LogP contribution in [0.1, 0.15) is 50.4 Å². The molecule has 1 heterocycles. The lowest BCUT2D eigenvalue weighted by Gasteiger charge is -2.24. The summed E-state index contributed by atoms with van der Waals surface area (Å²) in [7, 11) is 1.69. The summed E-state index contributed by atoms with van der Waals surface area (Å²) >= 11 is 0. The van der Waals surface area contributed by atoms with Crippen molar-refractivity contribution in [1.82, 2.24) is 10.3 Å². The number of carbonyl (C=O) groups excluding carboxylic acids is 1. The number of aromatic nitrogens is 1. The van der Waals surface area contributed by atoms with Crippen LogP contribution < -0.4 is 10.1 Å². The first-order valence-corrected chi connectivity index (χ1v) is 8.06. The number of hydrogen-bond donors (Lipinski definition) is 2. The van der Waals surface area contributed by atoms with E-state index >= 15 is 0 Å². The highest BCUT2D eigenvalue weighted by molar-refractivity contribution is 5.87. The topological polar surface area (TPSA) is 54.1 Å². The molecule has 4 nitrogen and oxygen atoms in total. The quantitative estimate of drug-likeness (QED) is 0.904. The second-order valence-electron chi connectivity index (χ2n) is 6.54. The first-order chi connectivity index (χ1) is 10.6. The summed E-state index contributed by atoms with van der Waals surface area (Å²) in [5, 5.41) is 4.41. The number of nitrogens with one attached hydrogen (secondary N) is 2. The lowest BCUT2D eigenvalue weighted by Crippen LogP contribution is -2.31. The first kappa shape index (κ1) is 14.9. The molecule has 4 heteroatoms. The zero-order valence-corrected chi connectivity index (χ0v) is 13.5. The molecule has 1 atom stereocenters. The van der Waals surface area contributed by atoms with Gasteiger partial charge >= 0.3 is 0 Å². The van der Waals surface area contributed by atoms with E-state index in [9.17, 15) is 4.79 Å².